The highest BCUT2D eigenvalue weighted by Gasteiger charge is 2.34. The van der Waals surface area contributed by atoms with Crippen LogP contribution >= 0.6 is 0 Å². The topological polar surface area (TPSA) is 83.1 Å². The molecule has 7 nitrogen and oxygen atoms in total. The molecule has 1 fully saturated rings. The minimum absolute atomic E-state index is 0.00886. The molecule has 0 saturated heterocycles. The van der Waals surface area contributed by atoms with Gasteiger partial charge in [-0.3, -0.25) is 9.80 Å². The predicted molar refractivity (Wildman–Crippen MR) is 128 cm³/mol. The van der Waals surface area contributed by atoms with Gasteiger partial charge >= 0.3 is 5.97 Å². The number of carbonyl (C=O) groups is 1. The third-order valence-corrected chi connectivity index (χ3v) is 6.19. The van der Waals surface area contributed by atoms with Gasteiger partial charge in [-0.15, -0.1) is 5.53 Å². The van der Waals surface area contributed by atoms with E-state index in [1.165, 1.54) is 6.07 Å². The van der Waals surface area contributed by atoms with Gasteiger partial charge < -0.3 is 20.0 Å². The van der Waals surface area contributed by atoms with E-state index in [4.69, 9.17) is 9.47 Å². The van der Waals surface area contributed by atoms with Crippen LogP contribution in [-0.2, 0) is 4.79 Å². The molecular formula is C26H32FN3O4. The largest absolute Gasteiger partial charge is 0.497 e. The smallest absolute Gasteiger partial charge is 0.303 e. The van der Waals surface area contributed by atoms with E-state index in [1.54, 1.807) is 24.3 Å². The summed E-state index contributed by atoms with van der Waals surface area (Å²) in [6, 6.07) is 12.3. The lowest BCUT2D eigenvalue weighted by atomic mass is 9.91. The molecule has 8 heteroatoms. The molecule has 1 aliphatic carbocycles. The molecule has 2 aliphatic rings. The fourth-order valence-electron chi connectivity index (χ4n) is 4.35. The first-order valence-corrected chi connectivity index (χ1v) is 11.7. The lowest BCUT2D eigenvalue weighted by Gasteiger charge is -2.23. The third kappa shape index (κ3) is 5.62. The van der Waals surface area contributed by atoms with Crippen LogP contribution in [0.5, 0.6) is 11.5 Å². The molecule has 1 aliphatic heterocycles. The van der Waals surface area contributed by atoms with E-state index in [0.717, 1.165) is 29.8 Å². The molecule has 1 atom stereocenters. The number of carboxylic acids is 1. The molecule has 0 spiro atoms. The number of aliphatic carboxylic acids is 1. The third-order valence-electron chi connectivity index (χ3n) is 6.19. The number of benzene rings is 2. The molecule has 0 aromatic heterocycles. The average Bonchev–Trinajstić information content (AvgIpc) is 3.58. The van der Waals surface area contributed by atoms with E-state index in [1.807, 2.05) is 24.3 Å². The second kappa shape index (κ2) is 10.3. The normalized spacial score (nSPS) is 16.6. The average molecular weight is 470 g/mol. The second-order valence-electron chi connectivity index (χ2n) is 9.32. The van der Waals surface area contributed by atoms with Gasteiger partial charge in [0.2, 0.25) is 0 Å². The van der Waals surface area contributed by atoms with Crippen molar-refractivity contribution in [2.24, 2.45) is 11.8 Å². The zero-order chi connectivity index (χ0) is 24.2. The first-order chi connectivity index (χ1) is 16.4. The van der Waals surface area contributed by atoms with Crippen molar-refractivity contribution >= 4 is 11.7 Å². The molecule has 4 rings (SSSR count). The lowest BCUT2D eigenvalue weighted by molar-refractivity contribution is -0.137. The Kier molecular flexibility index (Phi) is 7.26. The van der Waals surface area contributed by atoms with Gasteiger partial charge in [0, 0.05) is 6.07 Å². The summed E-state index contributed by atoms with van der Waals surface area (Å²) in [6.07, 6.45) is 2.98. The van der Waals surface area contributed by atoms with E-state index >= 15 is 0 Å². The van der Waals surface area contributed by atoms with Gasteiger partial charge in [-0.25, -0.2) is 4.39 Å². The van der Waals surface area contributed by atoms with Crippen molar-refractivity contribution in [2.45, 2.75) is 45.4 Å². The molecule has 0 bridgehead atoms. The van der Waals surface area contributed by atoms with Crippen LogP contribution in [0.3, 0.4) is 0 Å². The molecule has 34 heavy (non-hydrogen) atoms. The fourth-order valence-corrected chi connectivity index (χ4v) is 4.35. The van der Waals surface area contributed by atoms with Gasteiger partial charge in [0.05, 0.1) is 30.6 Å². The number of halogens is 1. The number of rotatable bonds is 11. The summed E-state index contributed by atoms with van der Waals surface area (Å²) in [5, 5.41) is 11.0. The Morgan fingerprint density at radius 3 is 2.68 bits per heavy atom. The number of nitrogens with one attached hydrogen (secondary N) is 2. The summed E-state index contributed by atoms with van der Waals surface area (Å²) in [7, 11) is 1.55. The van der Waals surface area contributed by atoms with Gasteiger partial charge in [-0.1, -0.05) is 26.0 Å². The zero-order valence-electron chi connectivity index (χ0n) is 19.8. The maximum atomic E-state index is 14.7. The summed E-state index contributed by atoms with van der Waals surface area (Å²) < 4.78 is 26.0. The van der Waals surface area contributed by atoms with E-state index in [-0.39, 0.29) is 24.8 Å². The maximum absolute atomic E-state index is 14.7. The zero-order valence-corrected chi connectivity index (χ0v) is 19.8. The van der Waals surface area contributed by atoms with E-state index < -0.39 is 5.97 Å². The number of ether oxygens (including phenoxy) is 2. The molecule has 2 aromatic rings. The fraction of sp³-hybridized carbons (Fsp3) is 0.423. The molecule has 2 aromatic carbocycles. The first kappa shape index (κ1) is 23.9. The Hall–Kier alpha value is -3.26. The molecular weight excluding hydrogens is 437 g/mol. The Morgan fingerprint density at radius 1 is 1.21 bits per heavy atom. The molecule has 3 N–H and O–H groups in total. The van der Waals surface area contributed by atoms with Gasteiger partial charge in [-0.05, 0) is 66.8 Å². The van der Waals surface area contributed by atoms with Gasteiger partial charge in [-0.2, -0.15) is 0 Å². The number of allylic oxidation sites excluding steroid dienone is 1. The van der Waals surface area contributed by atoms with Crippen molar-refractivity contribution in [2.75, 3.05) is 18.7 Å². The second-order valence-corrected chi connectivity index (χ2v) is 9.32. The van der Waals surface area contributed by atoms with Crippen LogP contribution in [0.4, 0.5) is 10.1 Å². The number of carboxylic acid groups (broad SMARTS) is 1. The SMILES string of the molecule is COc1ccc(F)c(N2NNC(COc3cccc([C@@H](CC(=O)O)C4CC4)c3)=C2CC(C)C)c1. The number of nitrogens with zero attached hydrogens (tertiary/aromatic N) is 1. The molecule has 1 heterocycles. The maximum Gasteiger partial charge on any atom is 0.303 e. The highest BCUT2D eigenvalue weighted by Crippen LogP contribution is 2.45. The van der Waals surface area contributed by atoms with E-state index in [0.29, 0.717) is 35.4 Å². The van der Waals surface area contributed by atoms with Crippen LogP contribution in [0.1, 0.15) is 51.0 Å². The number of methoxy groups -OCH3 is 1. The van der Waals surface area contributed by atoms with Crippen LogP contribution in [-0.4, -0.2) is 24.8 Å². The van der Waals surface area contributed by atoms with Crippen LogP contribution in [0.25, 0.3) is 0 Å². The van der Waals surface area contributed by atoms with Crippen LogP contribution in [0.15, 0.2) is 53.9 Å². The highest BCUT2D eigenvalue weighted by molar-refractivity contribution is 5.68. The van der Waals surface area contributed by atoms with Crippen LogP contribution in [0.2, 0.25) is 0 Å². The van der Waals surface area contributed by atoms with E-state index in [9.17, 15) is 14.3 Å². The Bertz CT molecular complexity index is 1070. The summed E-state index contributed by atoms with van der Waals surface area (Å²) in [5.41, 5.74) is 9.24. The van der Waals surface area contributed by atoms with Crippen molar-refractivity contribution in [1.29, 1.82) is 0 Å². The molecule has 1 saturated carbocycles. The molecule has 0 amide bonds. The standard InChI is InChI=1S/C26H32FN3O4/c1-16(2)11-25-23(28-29-30(25)24-13-19(33-3)9-10-22(24)27)15-34-20-6-4-5-18(12-20)21(14-26(31)32)17-7-8-17/h4-6,9-10,12-13,16-17,21,28-29H,7-8,11,14-15H2,1-3H3,(H,31,32)/t21-/m0/s1. The van der Waals surface area contributed by atoms with Gasteiger partial charge in [0.1, 0.15) is 23.9 Å². The minimum Gasteiger partial charge on any atom is -0.497 e. The monoisotopic (exact) mass is 469 g/mol. The highest BCUT2D eigenvalue weighted by atomic mass is 19.1. The molecule has 182 valence electrons. The summed E-state index contributed by atoms with van der Waals surface area (Å²) in [4.78, 5) is 11.3. The van der Waals surface area contributed by atoms with Crippen LogP contribution in [0, 0.1) is 17.7 Å². The lowest BCUT2D eigenvalue weighted by Crippen LogP contribution is -2.39. The van der Waals surface area contributed by atoms with Gasteiger partial charge in [0.15, 0.2) is 0 Å². The molecule has 0 radical (unpaired) electrons. The van der Waals surface area contributed by atoms with Crippen molar-refractivity contribution in [3.63, 3.8) is 0 Å². The van der Waals surface area contributed by atoms with Crippen molar-refractivity contribution < 1.29 is 23.8 Å². The quantitative estimate of drug-likeness (QED) is 0.429. The number of anilines is 1. The summed E-state index contributed by atoms with van der Waals surface area (Å²) in [6.45, 7) is 4.47. The summed E-state index contributed by atoms with van der Waals surface area (Å²) in [5.74, 6) is 0.872. The van der Waals surface area contributed by atoms with Crippen molar-refractivity contribution in [3.05, 3.63) is 65.2 Å². The Morgan fingerprint density at radius 2 is 2.00 bits per heavy atom. The minimum atomic E-state index is -0.780. The number of hydrogen-bond acceptors (Lipinski definition) is 6. The van der Waals surface area contributed by atoms with Crippen molar-refractivity contribution in [3.8, 4) is 11.5 Å². The van der Waals surface area contributed by atoms with Crippen molar-refractivity contribution in [1.82, 2.24) is 11.0 Å². The Balaban J connectivity index is 1.54. The number of hydrogen-bond donors (Lipinski definition) is 3. The predicted octanol–water partition coefficient (Wildman–Crippen LogP) is 4.97. The number of hydrazine groups is 2. The first-order valence-electron chi connectivity index (χ1n) is 11.7. The van der Waals surface area contributed by atoms with Crippen LogP contribution < -0.4 is 25.4 Å². The van der Waals surface area contributed by atoms with Gasteiger partial charge in [0.25, 0.3) is 0 Å². The summed E-state index contributed by atoms with van der Waals surface area (Å²) >= 11 is 0. The van der Waals surface area contributed by atoms with E-state index in [2.05, 4.69) is 24.8 Å². The Labute approximate surface area is 199 Å². The molecule has 0 unspecified atom stereocenters.